The van der Waals surface area contributed by atoms with Gasteiger partial charge in [0.2, 0.25) is 5.91 Å². The van der Waals surface area contributed by atoms with Crippen LogP contribution in [0.4, 0.5) is 0 Å². The summed E-state index contributed by atoms with van der Waals surface area (Å²) in [6.45, 7) is 1.94. The summed E-state index contributed by atoms with van der Waals surface area (Å²) < 4.78 is 4.77. The van der Waals surface area contributed by atoms with Gasteiger partial charge in [-0.2, -0.15) is 0 Å². The van der Waals surface area contributed by atoms with E-state index in [1.54, 1.807) is 6.92 Å². The second kappa shape index (κ2) is 5.46. The predicted octanol–water partition coefficient (Wildman–Crippen LogP) is 0.939. The van der Waals surface area contributed by atoms with Crippen molar-refractivity contribution in [1.29, 1.82) is 0 Å². The minimum Gasteiger partial charge on any atom is -0.461 e. The van der Waals surface area contributed by atoms with E-state index in [1.807, 2.05) is 0 Å². The van der Waals surface area contributed by atoms with Crippen molar-refractivity contribution in [1.82, 2.24) is 4.98 Å². The number of rotatable bonds is 4. The summed E-state index contributed by atoms with van der Waals surface area (Å²) in [5.74, 6) is -1.11. The van der Waals surface area contributed by atoms with Crippen LogP contribution in [0.25, 0.3) is 0 Å². The lowest BCUT2D eigenvalue weighted by Gasteiger charge is -2.04. The fraction of sp³-hybridized carbons (Fsp3) is 0.300. The molecule has 0 aliphatic rings. The summed E-state index contributed by atoms with van der Waals surface area (Å²) in [7, 11) is 0. The Labute approximate surface area is 97.6 Å². The van der Waals surface area contributed by atoms with Gasteiger partial charge < -0.3 is 10.5 Å². The molecule has 0 aliphatic heterocycles. The van der Waals surface area contributed by atoms with Gasteiger partial charge in [-0.3, -0.25) is 4.79 Å². The van der Waals surface area contributed by atoms with E-state index in [0.29, 0.717) is 10.7 Å². The second-order valence-corrected chi connectivity index (χ2v) is 3.46. The molecule has 16 heavy (non-hydrogen) atoms. The van der Waals surface area contributed by atoms with Crippen LogP contribution in [0.15, 0.2) is 12.1 Å². The summed E-state index contributed by atoms with van der Waals surface area (Å²) in [5, 5.41) is 0.314. The van der Waals surface area contributed by atoms with Crippen molar-refractivity contribution >= 4 is 23.5 Å². The number of carbonyl (C=O) groups is 2. The highest BCUT2D eigenvalue weighted by Crippen LogP contribution is 2.13. The molecule has 5 nitrogen and oxygen atoms in total. The lowest BCUT2D eigenvalue weighted by atomic mass is 10.2. The molecule has 1 aromatic heterocycles. The predicted molar refractivity (Wildman–Crippen MR) is 58.1 cm³/mol. The zero-order chi connectivity index (χ0) is 12.1. The number of primary amides is 1. The second-order valence-electron chi connectivity index (χ2n) is 3.03. The lowest BCUT2D eigenvalue weighted by Crippen LogP contribution is -2.16. The highest BCUT2D eigenvalue weighted by Gasteiger charge is 2.11. The molecule has 0 aliphatic carbocycles. The van der Waals surface area contributed by atoms with Crippen molar-refractivity contribution in [3.8, 4) is 0 Å². The van der Waals surface area contributed by atoms with Crippen molar-refractivity contribution in [2.75, 3.05) is 6.61 Å². The third-order valence-corrected chi connectivity index (χ3v) is 1.90. The van der Waals surface area contributed by atoms with Gasteiger partial charge in [-0.05, 0) is 19.1 Å². The summed E-state index contributed by atoms with van der Waals surface area (Å²) in [4.78, 5) is 26.0. The number of amides is 1. The molecule has 0 bridgehead atoms. The molecule has 6 heteroatoms. The van der Waals surface area contributed by atoms with Gasteiger partial charge in [-0.25, -0.2) is 9.78 Å². The van der Waals surface area contributed by atoms with Crippen LogP contribution in [0.1, 0.15) is 23.1 Å². The number of ether oxygens (including phenoxy) is 1. The van der Waals surface area contributed by atoms with Gasteiger partial charge in [0.25, 0.3) is 0 Å². The molecule has 1 rings (SSSR count). The van der Waals surface area contributed by atoms with Gasteiger partial charge in [0.1, 0.15) is 5.69 Å². The molecule has 1 amide bonds. The van der Waals surface area contributed by atoms with Crippen molar-refractivity contribution < 1.29 is 14.3 Å². The molecule has 0 saturated carbocycles. The largest absolute Gasteiger partial charge is 0.461 e. The van der Waals surface area contributed by atoms with Gasteiger partial charge in [-0.15, -0.1) is 0 Å². The fourth-order valence-electron chi connectivity index (χ4n) is 1.13. The summed E-state index contributed by atoms with van der Waals surface area (Å²) >= 11 is 5.78. The summed E-state index contributed by atoms with van der Waals surface area (Å²) in [5.41, 5.74) is 5.45. The standard InChI is InChI=1S/C10H11ClN2O3/c1-2-16-10(15)8-4-6(11)3-7(13-8)5-9(12)14/h3-4H,2,5H2,1H3,(H2,12,14). The Balaban J connectivity index is 2.97. The Bertz CT molecular complexity index is 421. The van der Waals surface area contributed by atoms with Gasteiger partial charge in [0, 0.05) is 5.02 Å². The van der Waals surface area contributed by atoms with Gasteiger partial charge in [-0.1, -0.05) is 11.6 Å². The number of aromatic nitrogens is 1. The minimum atomic E-state index is -0.573. The molecule has 0 unspecified atom stereocenters. The van der Waals surface area contributed by atoms with Crippen molar-refractivity contribution in [2.24, 2.45) is 5.73 Å². The zero-order valence-electron chi connectivity index (χ0n) is 8.70. The molecule has 2 N–H and O–H groups in total. The third kappa shape index (κ3) is 3.51. The highest BCUT2D eigenvalue weighted by molar-refractivity contribution is 6.30. The van der Waals surface area contributed by atoms with Crippen LogP contribution in [0.3, 0.4) is 0 Å². The Morgan fingerprint density at radius 1 is 1.50 bits per heavy atom. The van der Waals surface area contributed by atoms with Crippen molar-refractivity contribution in [3.05, 3.63) is 28.5 Å². The number of hydrogen-bond acceptors (Lipinski definition) is 4. The van der Waals surface area contributed by atoms with Crippen LogP contribution in [0, 0.1) is 0 Å². The third-order valence-electron chi connectivity index (χ3n) is 1.68. The number of nitrogens with zero attached hydrogens (tertiary/aromatic N) is 1. The molecule has 1 heterocycles. The Hall–Kier alpha value is -1.62. The van der Waals surface area contributed by atoms with Crippen LogP contribution < -0.4 is 5.73 Å². The summed E-state index contributed by atoms with van der Waals surface area (Å²) in [6, 6.07) is 2.86. The molecule has 0 saturated heterocycles. The number of halogens is 1. The molecule has 1 aromatic rings. The number of nitrogens with two attached hydrogens (primary N) is 1. The lowest BCUT2D eigenvalue weighted by molar-refractivity contribution is -0.117. The topological polar surface area (TPSA) is 82.3 Å². The Kier molecular flexibility index (Phi) is 4.25. The van der Waals surface area contributed by atoms with Crippen LogP contribution in [-0.2, 0) is 16.0 Å². The zero-order valence-corrected chi connectivity index (χ0v) is 9.45. The van der Waals surface area contributed by atoms with Gasteiger partial charge in [0.15, 0.2) is 0 Å². The van der Waals surface area contributed by atoms with Crippen LogP contribution in [0.2, 0.25) is 5.02 Å². The van der Waals surface area contributed by atoms with E-state index in [4.69, 9.17) is 22.1 Å². The van der Waals surface area contributed by atoms with E-state index in [1.165, 1.54) is 12.1 Å². The van der Waals surface area contributed by atoms with Crippen molar-refractivity contribution in [3.63, 3.8) is 0 Å². The first kappa shape index (κ1) is 12.4. The minimum absolute atomic E-state index is 0.0625. The van der Waals surface area contributed by atoms with Crippen molar-refractivity contribution in [2.45, 2.75) is 13.3 Å². The van der Waals surface area contributed by atoms with E-state index < -0.39 is 11.9 Å². The maximum absolute atomic E-state index is 11.4. The number of esters is 1. The van der Waals surface area contributed by atoms with E-state index >= 15 is 0 Å². The molecular weight excluding hydrogens is 232 g/mol. The molecule has 0 aromatic carbocycles. The van der Waals surface area contributed by atoms with Gasteiger partial charge >= 0.3 is 5.97 Å². The summed E-state index contributed by atoms with van der Waals surface area (Å²) in [6.07, 6.45) is -0.0625. The fourth-order valence-corrected chi connectivity index (χ4v) is 1.36. The first-order valence-corrected chi connectivity index (χ1v) is 5.02. The number of hydrogen-bond donors (Lipinski definition) is 1. The van der Waals surface area contributed by atoms with Crippen LogP contribution in [0.5, 0.6) is 0 Å². The Morgan fingerprint density at radius 3 is 2.75 bits per heavy atom. The molecule has 0 atom stereocenters. The Morgan fingerprint density at radius 2 is 2.19 bits per heavy atom. The average molecular weight is 243 g/mol. The van der Waals surface area contributed by atoms with E-state index in [-0.39, 0.29) is 18.7 Å². The van der Waals surface area contributed by atoms with Gasteiger partial charge in [0.05, 0.1) is 18.7 Å². The van der Waals surface area contributed by atoms with E-state index in [2.05, 4.69) is 4.98 Å². The molecule has 86 valence electrons. The van der Waals surface area contributed by atoms with E-state index in [9.17, 15) is 9.59 Å². The first-order chi connectivity index (χ1) is 7.52. The molecule has 0 spiro atoms. The smallest absolute Gasteiger partial charge is 0.356 e. The average Bonchev–Trinajstić information content (AvgIpc) is 2.15. The maximum atomic E-state index is 11.4. The number of carbonyl (C=O) groups excluding carboxylic acids is 2. The van der Waals surface area contributed by atoms with Crippen LogP contribution >= 0.6 is 11.6 Å². The molecule has 0 radical (unpaired) electrons. The normalized spacial score (nSPS) is 9.88. The van der Waals surface area contributed by atoms with Crippen LogP contribution in [-0.4, -0.2) is 23.5 Å². The highest BCUT2D eigenvalue weighted by atomic mass is 35.5. The SMILES string of the molecule is CCOC(=O)c1cc(Cl)cc(CC(N)=O)n1. The maximum Gasteiger partial charge on any atom is 0.356 e. The number of pyridine rings is 1. The molecule has 0 fully saturated rings. The molecular formula is C10H11ClN2O3. The first-order valence-electron chi connectivity index (χ1n) is 4.64. The van der Waals surface area contributed by atoms with E-state index in [0.717, 1.165) is 0 Å². The monoisotopic (exact) mass is 242 g/mol. The quantitative estimate of drug-likeness (QED) is 0.797.